The van der Waals surface area contributed by atoms with Gasteiger partial charge < -0.3 is 10.2 Å². The predicted octanol–water partition coefficient (Wildman–Crippen LogP) is 1.99. The van der Waals surface area contributed by atoms with Crippen LogP contribution in [0.2, 0.25) is 0 Å². The summed E-state index contributed by atoms with van der Waals surface area (Å²) in [6, 6.07) is 8.13. The molecule has 8 nitrogen and oxygen atoms in total. The fourth-order valence-corrected chi connectivity index (χ4v) is 3.13. The van der Waals surface area contributed by atoms with Gasteiger partial charge in [-0.2, -0.15) is 5.10 Å². The fraction of sp³-hybridized carbons (Fsp3) is 0.412. The third kappa shape index (κ3) is 3.53. The Morgan fingerprint density at radius 1 is 1.44 bits per heavy atom. The van der Waals surface area contributed by atoms with Crippen molar-refractivity contribution in [1.29, 1.82) is 0 Å². The zero-order valence-corrected chi connectivity index (χ0v) is 14.1. The van der Waals surface area contributed by atoms with E-state index in [0.717, 1.165) is 25.9 Å². The van der Waals surface area contributed by atoms with Crippen LogP contribution in [0.15, 0.2) is 36.5 Å². The Morgan fingerprint density at radius 2 is 2.24 bits per heavy atom. The molecule has 1 aliphatic heterocycles. The Kier molecular flexibility index (Phi) is 5.08. The first-order valence-corrected chi connectivity index (χ1v) is 8.43. The molecule has 1 aromatic heterocycles. The van der Waals surface area contributed by atoms with E-state index in [1.807, 2.05) is 11.8 Å². The summed E-state index contributed by atoms with van der Waals surface area (Å²) in [7, 11) is 0. The standard InChI is InChI=1S/C17H21N5O3/c1-2-10-20(13-7-9-18-12-13)17(23)14-8-11-21(19-14)15-5-3-4-6-16(15)22(24)25/h3-6,8,11,13,18H,2,7,9-10,12H2,1H3. The molecule has 0 bridgehead atoms. The number of para-hydroxylation sites is 2. The van der Waals surface area contributed by atoms with E-state index in [1.165, 1.54) is 10.7 Å². The molecular weight excluding hydrogens is 322 g/mol. The van der Waals surface area contributed by atoms with Crippen LogP contribution in [0.25, 0.3) is 5.69 Å². The molecule has 1 amide bonds. The summed E-state index contributed by atoms with van der Waals surface area (Å²) in [4.78, 5) is 25.5. The van der Waals surface area contributed by atoms with Crippen molar-refractivity contribution >= 4 is 11.6 Å². The average molecular weight is 343 g/mol. The van der Waals surface area contributed by atoms with Gasteiger partial charge in [0, 0.05) is 31.4 Å². The smallest absolute Gasteiger partial charge is 0.294 e. The van der Waals surface area contributed by atoms with E-state index in [-0.39, 0.29) is 17.6 Å². The van der Waals surface area contributed by atoms with Crippen LogP contribution < -0.4 is 5.32 Å². The highest BCUT2D eigenvalue weighted by atomic mass is 16.6. The van der Waals surface area contributed by atoms with E-state index in [1.54, 1.807) is 30.5 Å². The molecule has 1 atom stereocenters. The number of benzene rings is 1. The number of nitrogens with zero attached hydrogens (tertiary/aromatic N) is 4. The molecular formula is C17H21N5O3. The highest BCUT2D eigenvalue weighted by Gasteiger charge is 2.28. The maximum absolute atomic E-state index is 12.9. The Balaban J connectivity index is 1.87. The molecule has 1 N–H and O–H groups in total. The van der Waals surface area contributed by atoms with Crippen LogP contribution >= 0.6 is 0 Å². The summed E-state index contributed by atoms with van der Waals surface area (Å²) in [5, 5.41) is 18.8. The molecule has 1 saturated heterocycles. The third-order valence-electron chi connectivity index (χ3n) is 4.33. The number of carbonyl (C=O) groups excluding carboxylic acids is 1. The summed E-state index contributed by atoms with van der Waals surface area (Å²) in [5.41, 5.74) is 0.602. The second kappa shape index (κ2) is 7.43. The Hall–Kier alpha value is -2.74. The largest absolute Gasteiger partial charge is 0.333 e. The predicted molar refractivity (Wildman–Crippen MR) is 92.8 cm³/mol. The Bertz CT molecular complexity index is 767. The number of hydrogen-bond donors (Lipinski definition) is 1. The van der Waals surface area contributed by atoms with Crippen LogP contribution in [0.3, 0.4) is 0 Å². The van der Waals surface area contributed by atoms with Crippen molar-refractivity contribution in [3.05, 3.63) is 52.3 Å². The lowest BCUT2D eigenvalue weighted by Crippen LogP contribution is -2.42. The minimum absolute atomic E-state index is 0.0463. The van der Waals surface area contributed by atoms with Crippen LogP contribution in [0.1, 0.15) is 30.3 Å². The van der Waals surface area contributed by atoms with Gasteiger partial charge in [0.2, 0.25) is 0 Å². The van der Waals surface area contributed by atoms with Gasteiger partial charge in [0.25, 0.3) is 11.6 Å². The fourth-order valence-electron chi connectivity index (χ4n) is 3.13. The number of hydrogen-bond acceptors (Lipinski definition) is 5. The van der Waals surface area contributed by atoms with Crippen LogP contribution in [0, 0.1) is 10.1 Å². The van der Waals surface area contributed by atoms with E-state index in [2.05, 4.69) is 10.4 Å². The molecule has 2 heterocycles. The molecule has 25 heavy (non-hydrogen) atoms. The maximum atomic E-state index is 12.9. The van der Waals surface area contributed by atoms with Crippen molar-refractivity contribution in [2.24, 2.45) is 0 Å². The van der Waals surface area contributed by atoms with Crippen molar-refractivity contribution in [1.82, 2.24) is 20.0 Å². The molecule has 2 aromatic rings. The number of nitro benzene ring substituents is 1. The number of aromatic nitrogens is 2. The van der Waals surface area contributed by atoms with E-state index in [9.17, 15) is 14.9 Å². The quantitative estimate of drug-likeness (QED) is 0.639. The first-order valence-electron chi connectivity index (χ1n) is 8.43. The van der Waals surface area contributed by atoms with Crippen molar-refractivity contribution in [2.75, 3.05) is 19.6 Å². The molecule has 1 aliphatic rings. The van der Waals surface area contributed by atoms with Gasteiger partial charge in [-0.05, 0) is 31.5 Å². The van der Waals surface area contributed by atoms with Crippen LogP contribution in [0.4, 0.5) is 5.69 Å². The zero-order chi connectivity index (χ0) is 17.8. The van der Waals surface area contributed by atoms with Gasteiger partial charge in [-0.3, -0.25) is 14.9 Å². The summed E-state index contributed by atoms with van der Waals surface area (Å²) < 4.78 is 1.39. The number of nitrogens with one attached hydrogen (secondary N) is 1. The summed E-state index contributed by atoms with van der Waals surface area (Å²) >= 11 is 0. The lowest BCUT2D eigenvalue weighted by Gasteiger charge is -2.27. The van der Waals surface area contributed by atoms with Gasteiger partial charge in [0.15, 0.2) is 5.69 Å². The lowest BCUT2D eigenvalue weighted by molar-refractivity contribution is -0.384. The topological polar surface area (TPSA) is 93.3 Å². The van der Waals surface area contributed by atoms with E-state index in [0.29, 0.717) is 17.9 Å². The summed E-state index contributed by atoms with van der Waals surface area (Å²) in [6.07, 6.45) is 3.39. The summed E-state index contributed by atoms with van der Waals surface area (Å²) in [5.74, 6) is -0.132. The number of rotatable bonds is 6. The number of carbonyl (C=O) groups is 1. The van der Waals surface area contributed by atoms with Crippen molar-refractivity contribution in [3.8, 4) is 5.69 Å². The van der Waals surface area contributed by atoms with E-state index in [4.69, 9.17) is 0 Å². The van der Waals surface area contributed by atoms with Gasteiger partial charge in [-0.1, -0.05) is 19.1 Å². The first-order chi connectivity index (χ1) is 12.1. The van der Waals surface area contributed by atoms with Crippen molar-refractivity contribution in [2.45, 2.75) is 25.8 Å². The highest BCUT2D eigenvalue weighted by molar-refractivity contribution is 5.92. The molecule has 0 spiro atoms. The molecule has 3 rings (SSSR count). The van der Waals surface area contributed by atoms with Crippen molar-refractivity contribution < 1.29 is 9.72 Å². The van der Waals surface area contributed by atoms with Gasteiger partial charge in [-0.15, -0.1) is 0 Å². The molecule has 1 fully saturated rings. The average Bonchev–Trinajstić information content (AvgIpc) is 3.30. The molecule has 132 valence electrons. The SMILES string of the molecule is CCCN(C(=O)c1ccn(-c2ccccc2[N+](=O)[O-])n1)C1CCNC1. The molecule has 0 saturated carbocycles. The highest BCUT2D eigenvalue weighted by Crippen LogP contribution is 2.22. The van der Waals surface area contributed by atoms with E-state index >= 15 is 0 Å². The Labute approximate surface area is 145 Å². The maximum Gasteiger partial charge on any atom is 0.294 e. The summed E-state index contributed by atoms with van der Waals surface area (Å²) in [6.45, 7) is 4.40. The van der Waals surface area contributed by atoms with Crippen LogP contribution in [-0.2, 0) is 0 Å². The van der Waals surface area contributed by atoms with Gasteiger partial charge in [0.1, 0.15) is 5.69 Å². The molecule has 8 heteroatoms. The molecule has 1 unspecified atom stereocenters. The minimum Gasteiger partial charge on any atom is -0.333 e. The normalized spacial score (nSPS) is 16.8. The second-order valence-corrected chi connectivity index (χ2v) is 6.04. The second-order valence-electron chi connectivity index (χ2n) is 6.04. The van der Waals surface area contributed by atoms with Gasteiger partial charge in [0.05, 0.1) is 4.92 Å². The molecule has 0 aliphatic carbocycles. The van der Waals surface area contributed by atoms with Crippen LogP contribution in [0.5, 0.6) is 0 Å². The molecule has 0 radical (unpaired) electrons. The zero-order valence-electron chi connectivity index (χ0n) is 14.1. The van der Waals surface area contributed by atoms with Gasteiger partial charge in [-0.25, -0.2) is 4.68 Å². The Morgan fingerprint density at radius 3 is 2.92 bits per heavy atom. The van der Waals surface area contributed by atoms with Crippen molar-refractivity contribution in [3.63, 3.8) is 0 Å². The monoisotopic (exact) mass is 343 g/mol. The minimum atomic E-state index is -0.452. The number of nitro groups is 1. The van der Waals surface area contributed by atoms with Gasteiger partial charge >= 0.3 is 0 Å². The molecule has 1 aromatic carbocycles. The first kappa shape index (κ1) is 17.1. The van der Waals surface area contributed by atoms with E-state index < -0.39 is 4.92 Å². The third-order valence-corrected chi connectivity index (χ3v) is 4.33. The lowest BCUT2D eigenvalue weighted by atomic mass is 10.2. The van der Waals surface area contributed by atoms with Crippen LogP contribution in [-0.4, -0.2) is 51.2 Å². The number of amides is 1.